The molecule has 3 aromatic carbocycles. The van der Waals surface area contributed by atoms with Gasteiger partial charge in [0.25, 0.3) is 5.91 Å². The summed E-state index contributed by atoms with van der Waals surface area (Å²) in [5.41, 5.74) is 7.10. The fourth-order valence-corrected chi connectivity index (χ4v) is 4.81. The number of nitrogens with zero attached hydrogens (tertiary/aromatic N) is 2. The number of aryl methyl sites for hydroxylation is 1. The van der Waals surface area contributed by atoms with E-state index in [9.17, 15) is 22.8 Å². The zero-order valence-electron chi connectivity index (χ0n) is 22.1. The molecule has 0 atom stereocenters. The standard InChI is InChI=1S/C27H26F4N6O3S/c1-15(2)19-6-4-5-7-22(19)41-36-26(39)34-32-14-16-12-20(28)23-21(13-16)37(3)35-24(23)25(38)33-17-8-10-18(11-9-17)40-27(29,30)31/h4-13,15,32H,14H2,1-3H3,(H,33,38)(H2,34,36,39). The lowest BCUT2D eigenvalue weighted by Crippen LogP contribution is -2.41. The number of urea groups is 1. The lowest BCUT2D eigenvalue weighted by molar-refractivity contribution is -0.274. The van der Waals surface area contributed by atoms with Gasteiger partial charge in [-0.15, -0.1) is 13.2 Å². The summed E-state index contributed by atoms with van der Waals surface area (Å²) in [6.45, 7) is 4.20. The van der Waals surface area contributed by atoms with E-state index in [1.807, 2.05) is 24.3 Å². The van der Waals surface area contributed by atoms with Gasteiger partial charge in [0.1, 0.15) is 11.6 Å². The average molecular weight is 591 g/mol. The van der Waals surface area contributed by atoms with Crippen molar-refractivity contribution in [2.24, 2.45) is 7.05 Å². The largest absolute Gasteiger partial charge is 0.573 e. The molecule has 0 bridgehead atoms. The number of halogens is 4. The number of rotatable bonds is 9. The van der Waals surface area contributed by atoms with Gasteiger partial charge < -0.3 is 10.1 Å². The molecule has 0 saturated carbocycles. The molecule has 3 amide bonds. The molecule has 216 valence electrons. The van der Waals surface area contributed by atoms with Crippen molar-refractivity contribution in [1.29, 1.82) is 0 Å². The van der Waals surface area contributed by atoms with Crippen molar-refractivity contribution < 1.29 is 31.9 Å². The minimum Gasteiger partial charge on any atom is -0.406 e. The Balaban J connectivity index is 1.37. The summed E-state index contributed by atoms with van der Waals surface area (Å²) in [6, 6.07) is 14.6. The Labute approximate surface area is 236 Å². The number of carbonyl (C=O) groups excluding carboxylic acids is 2. The van der Waals surface area contributed by atoms with E-state index in [0.29, 0.717) is 17.0 Å². The molecule has 0 radical (unpaired) electrons. The number of alkyl halides is 3. The van der Waals surface area contributed by atoms with E-state index in [1.165, 1.54) is 41.9 Å². The number of anilines is 1. The SMILES string of the molecule is CC(C)c1ccccc1SNC(=O)NNCc1cc(F)c2c(C(=O)Nc3ccc(OC(F)(F)F)cc3)nn(C)c2c1. The third-order valence-corrected chi connectivity index (χ3v) is 6.69. The van der Waals surface area contributed by atoms with Gasteiger partial charge in [0, 0.05) is 24.2 Å². The minimum atomic E-state index is -4.84. The summed E-state index contributed by atoms with van der Waals surface area (Å²) in [5.74, 6) is -1.62. The molecule has 0 aliphatic carbocycles. The van der Waals surface area contributed by atoms with Crippen molar-refractivity contribution in [2.45, 2.75) is 37.6 Å². The molecular formula is C27H26F4N6O3S. The Hall–Kier alpha value is -4.30. The highest BCUT2D eigenvalue weighted by Gasteiger charge is 2.31. The third kappa shape index (κ3) is 7.67. The molecule has 0 spiro atoms. The molecule has 4 N–H and O–H groups in total. The number of benzene rings is 3. The third-order valence-electron chi connectivity index (χ3n) is 5.81. The van der Waals surface area contributed by atoms with Crippen LogP contribution in [0.3, 0.4) is 0 Å². The predicted octanol–water partition coefficient (Wildman–Crippen LogP) is 6.00. The fourth-order valence-electron chi connectivity index (χ4n) is 3.99. The Bertz CT molecular complexity index is 1560. The first-order valence-corrected chi connectivity index (χ1v) is 13.1. The maximum Gasteiger partial charge on any atom is 0.573 e. The van der Waals surface area contributed by atoms with E-state index in [-0.39, 0.29) is 23.3 Å². The summed E-state index contributed by atoms with van der Waals surface area (Å²) in [6.07, 6.45) is -4.84. The monoisotopic (exact) mass is 590 g/mol. The number of hydrogen-bond donors (Lipinski definition) is 4. The molecule has 1 heterocycles. The van der Waals surface area contributed by atoms with E-state index in [0.717, 1.165) is 22.6 Å². The molecule has 9 nitrogen and oxygen atoms in total. The number of aromatic nitrogens is 2. The summed E-state index contributed by atoms with van der Waals surface area (Å²) in [4.78, 5) is 26.0. The second kappa shape index (κ2) is 12.5. The van der Waals surface area contributed by atoms with Crippen LogP contribution in [0.4, 0.5) is 28.0 Å². The van der Waals surface area contributed by atoms with Crippen molar-refractivity contribution in [3.8, 4) is 5.75 Å². The van der Waals surface area contributed by atoms with Crippen LogP contribution >= 0.6 is 11.9 Å². The Morgan fingerprint density at radius 2 is 1.78 bits per heavy atom. The van der Waals surface area contributed by atoms with Crippen LogP contribution in [0.1, 0.15) is 41.4 Å². The highest BCUT2D eigenvalue weighted by atomic mass is 32.2. The van der Waals surface area contributed by atoms with Gasteiger partial charge in [0.15, 0.2) is 5.69 Å². The Kier molecular flexibility index (Phi) is 9.03. The van der Waals surface area contributed by atoms with Crippen LogP contribution in [0.2, 0.25) is 0 Å². The van der Waals surface area contributed by atoms with Gasteiger partial charge in [-0.25, -0.2) is 14.6 Å². The zero-order chi connectivity index (χ0) is 29.7. The molecular weight excluding hydrogens is 564 g/mol. The first kappa shape index (κ1) is 29.7. The van der Waals surface area contributed by atoms with Gasteiger partial charge in [-0.2, -0.15) is 5.10 Å². The number of hydrogen-bond acceptors (Lipinski definition) is 6. The van der Waals surface area contributed by atoms with Gasteiger partial charge in [-0.3, -0.25) is 19.6 Å². The molecule has 1 aromatic heterocycles. The van der Waals surface area contributed by atoms with Crippen LogP contribution in [0.25, 0.3) is 10.9 Å². The van der Waals surface area contributed by atoms with Crippen molar-refractivity contribution in [1.82, 2.24) is 25.4 Å². The summed E-state index contributed by atoms with van der Waals surface area (Å²) >= 11 is 1.18. The zero-order valence-corrected chi connectivity index (χ0v) is 22.9. The molecule has 0 fully saturated rings. The van der Waals surface area contributed by atoms with Gasteiger partial charge in [-0.05, 0) is 71.5 Å². The molecule has 0 aliphatic heterocycles. The Morgan fingerprint density at radius 3 is 2.46 bits per heavy atom. The van der Waals surface area contributed by atoms with Gasteiger partial charge in [-0.1, -0.05) is 32.0 Å². The number of fused-ring (bicyclic) bond motifs is 1. The smallest absolute Gasteiger partial charge is 0.406 e. The van der Waals surface area contributed by atoms with Crippen LogP contribution in [-0.2, 0) is 13.6 Å². The van der Waals surface area contributed by atoms with Gasteiger partial charge >= 0.3 is 12.4 Å². The van der Waals surface area contributed by atoms with Crippen molar-refractivity contribution >= 4 is 40.5 Å². The van der Waals surface area contributed by atoms with Crippen LogP contribution in [-0.4, -0.2) is 28.1 Å². The van der Waals surface area contributed by atoms with E-state index in [4.69, 9.17) is 0 Å². The van der Waals surface area contributed by atoms with Crippen LogP contribution in [0.15, 0.2) is 65.6 Å². The molecule has 14 heteroatoms. The fraction of sp³-hybridized carbons (Fsp3) is 0.222. The second-order valence-corrected chi connectivity index (χ2v) is 10.0. The highest BCUT2D eigenvalue weighted by Crippen LogP contribution is 2.28. The molecule has 41 heavy (non-hydrogen) atoms. The lowest BCUT2D eigenvalue weighted by Gasteiger charge is -2.13. The minimum absolute atomic E-state index is 0.0308. The highest BCUT2D eigenvalue weighted by molar-refractivity contribution is 7.98. The molecule has 4 rings (SSSR count). The molecule has 0 unspecified atom stereocenters. The van der Waals surface area contributed by atoms with Crippen molar-refractivity contribution in [2.75, 3.05) is 5.32 Å². The topological polar surface area (TPSA) is 109 Å². The lowest BCUT2D eigenvalue weighted by atomic mass is 10.0. The normalized spacial score (nSPS) is 11.5. The summed E-state index contributed by atoms with van der Waals surface area (Å²) in [5, 5.41) is 6.58. The number of ether oxygens (including phenoxy) is 1. The van der Waals surface area contributed by atoms with Crippen LogP contribution in [0, 0.1) is 5.82 Å². The van der Waals surface area contributed by atoms with Crippen LogP contribution < -0.4 is 25.6 Å². The van der Waals surface area contributed by atoms with Crippen LogP contribution in [0.5, 0.6) is 5.75 Å². The second-order valence-electron chi connectivity index (χ2n) is 9.17. The van der Waals surface area contributed by atoms with E-state index >= 15 is 4.39 Å². The van der Waals surface area contributed by atoms with Gasteiger partial charge in [0.2, 0.25) is 0 Å². The molecule has 4 aromatic rings. The van der Waals surface area contributed by atoms with Crippen molar-refractivity contribution in [3.63, 3.8) is 0 Å². The maximum atomic E-state index is 15.1. The summed E-state index contributed by atoms with van der Waals surface area (Å²) < 4.78 is 60.0. The number of amides is 3. The Morgan fingerprint density at radius 1 is 1.07 bits per heavy atom. The average Bonchev–Trinajstić information content (AvgIpc) is 3.25. The predicted molar refractivity (Wildman–Crippen MR) is 147 cm³/mol. The molecule has 0 saturated heterocycles. The maximum absolute atomic E-state index is 15.1. The van der Waals surface area contributed by atoms with Crippen molar-refractivity contribution in [3.05, 3.63) is 83.3 Å². The number of hydrazine groups is 1. The first-order valence-electron chi connectivity index (χ1n) is 12.3. The first-order chi connectivity index (χ1) is 19.4. The summed E-state index contributed by atoms with van der Waals surface area (Å²) in [7, 11) is 1.54. The van der Waals surface area contributed by atoms with Gasteiger partial charge in [0.05, 0.1) is 10.9 Å². The van der Waals surface area contributed by atoms with E-state index in [2.05, 4.69) is 44.6 Å². The van der Waals surface area contributed by atoms with E-state index < -0.39 is 29.9 Å². The number of nitrogens with one attached hydrogen (secondary N) is 4. The quantitative estimate of drug-likeness (QED) is 0.108. The number of carbonyl (C=O) groups is 2. The van der Waals surface area contributed by atoms with E-state index in [1.54, 1.807) is 6.07 Å². The molecule has 0 aliphatic rings.